The lowest BCUT2D eigenvalue weighted by Crippen LogP contribution is -2.41. The summed E-state index contributed by atoms with van der Waals surface area (Å²) in [5.41, 5.74) is 1.62. The molecule has 2 N–H and O–H groups in total. The number of aliphatic hydroxyl groups excluding tert-OH is 1. The molecule has 1 fully saturated rings. The van der Waals surface area contributed by atoms with E-state index in [9.17, 15) is 4.79 Å². The maximum atomic E-state index is 12.0. The molecule has 98 valence electrons. The first-order valence-electron chi connectivity index (χ1n) is 6.45. The third-order valence-corrected chi connectivity index (χ3v) is 3.33. The Kier molecular flexibility index (Phi) is 4.20. The minimum atomic E-state index is -0.0294. The standard InChI is InChI=1S/C14H20N2O2/c1-11-3-2-8-16(9-11)14(18)15-13-6-4-12(10-17)5-7-13/h4-7,11,17H,2-3,8-10H2,1H3,(H,15,18). The number of hydrogen-bond acceptors (Lipinski definition) is 2. The zero-order valence-corrected chi connectivity index (χ0v) is 10.7. The SMILES string of the molecule is CC1CCCN(C(=O)Nc2ccc(CO)cc2)C1. The molecule has 1 aliphatic heterocycles. The molecule has 0 aromatic heterocycles. The van der Waals surface area contributed by atoms with Crippen LogP contribution in [0.25, 0.3) is 0 Å². The van der Waals surface area contributed by atoms with E-state index in [0.717, 1.165) is 30.8 Å². The predicted octanol–water partition coefficient (Wildman–Crippen LogP) is 2.44. The van der Waals surface area contributed by atoms with Crippen LogP contribution in [0.2, 0.25) is 0 Å². The smallest absolute Gasteiger partial charge is 0.321 e. The Balaban J connectivity index is 1.93. The van der Waals surface area contributed by atoms with Gasteiger partial charge in [0.1, 0.15) is 0 Å². The van der Waals surface area contributed by atoms with Crippen molar-refractivity contribution in [2.24, 2.45) is 5.92 Å². The van der Waals surface area contributed by atoms with Crippen molar-refractivity contribution in [3.63, 3.8) is 0 Å². The van der Waals surface area contributed by atoms with Gasteiger partial charge in [-0.1, -0.05) is 19.1 Å². The van der Waals surface area contributed by atoms with Crippen molar-refractivity contribution in [2.45, 2.75) is 26.4 Å². The van der Waals surface area contributed by atoms with Crippen LogP contribution in [-0.2, 0) is 6.61 Å². The van der Waals surface area contributed by atoms with Crippen LogP contribution in [0.3, 0.4) is 0 Å². The molecule has 0 radical (unpaired) electrons. The first-order chi connectivity index (χ1) is 8.69. The van der Waals surface area contributed by atoms with Gasteiger partial charge in [-0.25, -0.2) is 4.79 Å². The Morgan fingerprint density at radius 2 is 2.17 bits per heavy atom. The van der Waals surface area contributed by atoms with E-state index >= 15 is 0 Å². The van der Waals surface area contributed by atoms with Crippen molar-refractivity contribution in [2.75, 3.05) is 18.4 Å². The predicted molar refractivity (Wildman–Crippen MR) is 71.4 cm³/mol. The second kappa shape index (κ2) is 5.87. The van der Waals surface area contributed by atoms with E-state index in [2.05, 4.69) is 12.2 Å². The van der Waals surface area contributed by atoms with Gasteiger partial charge in [0, 0.05) is 18.8 Å². The topological polar surface area (TPSA) is 52.6 Å². The zero-order chi connectivity index (χ0) is 13.0. The van der Waals surface area contributed by atoms with Gasteiger partial charge in [0.05, 0.1) is 6.61 Å². The summed E-state index contributed by atoms with van der Waals surface area (Å²) in [7, 11) is 0. The lowest BCUT2D eigenvalue weighted by molar-refractivity contribution is 0.182. The lowest BCUT2D eigenvalue weighted by atomic mass is 10.0. The molecule has 2 amide bonds. The number of anilines is 1. The minimum absolute atomic E-state index is 0.0257. The van der Waals surface area contributed by atoms with Crippen LogP contribution in [0.4, 0.5) is 10.5 Å². The van der Waals surface area contributed by atoms with Crippen molar-refractivity contribution in [3.05, 3.63) is 29.8 Å². The monoisotopic (exact) mass is 248 g/mol. The molecule has 2 rings (SSSR count). The second-order valence-electron chi connectivity index (χ2n) is 4.98. The van der Waals surface area contributed by atoms with E-state index < -0.39 is 0 Å². The van der Waals surface area contributed by atoms with E-state index in [4.69, 9.17) is 5.11 Å². The van der Waals surface area contributed by atoms with Crippen molar-refractivity contribution in [1.29, 1.82) is 0 Å². The van der Waals surface area contributed by atoms with Gasteiger partial charge in [-0.3, -0.25) is 0 Å². The highest BCUT2D eigenvalue weighted by molar-refractivity contribution is 5.89. The molecule has 1 aromatic carbocycles. The summed E-state index contributed by atoms with van der Waals surface area (Å²) in [6.07, 6.45) is 2.28. The molecule has 1 aliphatic rings. The Bertz CT molecular complexity index is 403. The number of nitrogens with one attached hydrogen (secondary N) is 1. The van der Waals surface area contributed by atoms with Crippen LogP contribution in [0, 0.1) is 5.92 Å². The average molecular weight is 248 g/mol. The van der Waals surface area contributed by atoms with Crippen LogP contribution in [-0.4, -0.2) is 29.1 Å². The fraction of sp³-hybridized carbons (Fsp3) is 0.500. The number of hydrogen-bond donors (Lipinski definition) is 2. The first kappa shape index (κ1) is 12.9. The molecule has 4 heteroatoms. The largest absolute Gasteiger partial charge is 0.392 e. The van der Waals surface area contributed by atoms with Crippen molar-refractivity contribution >= 4 is 11.7 Å². The number of carbonyl (C=O) groups excluding carboxylic acids is 1. The van der Waals surface area contributed by atoms with Gasteiger partial charge in [-0.05, 0) is 36.5 Å². The fourth-order valence-corrected chi connectivity index (χ4v) is 2.27. The van der Waals surface area contributed by atoms with E-state index in [1.54, 1.807) is 0 Å². The Morgan fingerprint density at radius 1 is 1.44 bits per heavy atom. The van der Waals surface area contributed by atoms with Crippen molar-refractivity contribution < 1.29 is 9.90 Å². The van der Waals surface area contributed by atoms with Crippen LogP contribution in [0.15, 0.2) is 24.3 Å². The Morgan fingerprint density at radius 3 is 2.78 bits per heavy atom. The fourth-order valence-electron chi connectivity index (χ4n) is 2.27. The summed E-state index contributed by atoms with van der Waals surface area (Å²) < 4.78 is 0. The van der Waals surface area contributed by atoms with Crippen molar-refractivity contribution in [1.82, 2.24) is 4.90 Å². The van der Waals surface area contributed by atoms with Gasteiger partial charge < -0.3 is 15.3 Å². The van der Waals surface area contributed by atoms with Gasteiger partial charge in [-0.2, -0.15) is 0 Å². The molecular formula is C14H20N2O2. The number of benzene rings is 1. The number of likely N-dealkylation sites (tertiary alicyclic amines) is 1. The molecule has 1 saturated heterocycles. The normalized spacial score (nSPS) is 19.7. The quantitative estimate of drug-likeness (QED) is 0.844. The summed E-state index contributed by atoms with van der Waals surface area (Å²) >= 11 is 0. The summed E-state index contributed by atoms with van der Waals surface area (Å²) in [4.78, 5) is 13.9. The number of urea groups is 1. The maximum Gasteiger partial charge on any atom is 0.321 e. The highest BCUT2D eigenvalue weighted by Gasteiger charge is 2.20. The Labute approximate surface area is 108 Å². The van der Waals surface area contributed by atoms with Gasteiger partial charge in [-0.15, -0.1) is 0 Å². The molecule has 1 unspecified atom stereocenters. The van der Waals surface area contributed by atoms with Gasteiger partial charge in [0.15, 0.2) is 0 Å². The number of nitrogens with zero attached hydrogens (tertiary/aromatic N) is 1. The number of amides is 2. The summed E-state index contributed by atoms with van der Waals surface area (Å²) in [5, 5.41) is 11.8. The van der Waals surface area contributed by atoms with Crippen LogP contribution >= 0.6 is 0 Å². The molecule has 1 heterocycles. The third kappa shape index (κ3) is 3.23. The maximum absolute atomic E-state index is 12.0. The number of aliphatic hydroxyl groups is 1. The molecule has 0 saturated carbocycles. The molecule has 0 bridgehead atoms. The molecular weight excluding hydrogens is 228 g/mol. The summed E-state index contributed by atoms with van der Waals surface area (Å²) in [6, 6.07) is 7.23. The van der Waals surface area contributed by atoms with Crippen LogP contribution < -0.4 is 5.32 Å². The number of rotatable bonds is 2. The highest BCUT2D eigenvalue weighted by Crippen LogP contribution is 2.17. The average Bonchev–Trinajstić information content (AvgIpc) is 2.39. The summed E-state index contributed by atoms with van der Waals surface area (Å²) in [6.45, 7) is 3.87. The molecule has 18 heavy (non-hydrogen) atoms. The van der Waals surface area contributed by atoms with Crippen LogP contribution in [0.1, 0.15) is 25.3 Å². The zero-order valence-electron chi connectivity index (χ0n) is 10.7. The third-order valence-electron chi connectivity index (χ3n) is 3.33. The van der Waals surface area contributed by atoms with Crippen LogP contribution in [0.5, 0.6) is 0 Å². The second-order valence-corrected chi connectivity index (χ2v) is 4.98. The number of piperidine rings is 1. The van der Waals surface area contributed by atoms with Gasteiger partial charge in [0.2, 0.25) is 0 Å². The van der Waals surface area contributed by atoms with Crippen molar-refractivity contribution in [3.8, 4) is 0 Å². The van der Waals surface area contributed by atoms with E-state index in [1.807, 2.05) is 29.2 Å². The molecule has 0 spiro atoms. The summed E-state index contributed by atoms with van der Waals surface area (Å²) in [5.74, 6) is 0.585. The van der Waals surface area contributed by atoms with Gasteiger partial charge in [0.25, 0.3) is 0 Å². The molecule has 1 atom stereocenters. The Hall–Kier alpha value is -1.55. The van der Waals surface area contributed by atoms with E-state index in [1.165, 1.54) is 6.42 Å². The number of carbonyl (C=O) groups is 1. The molecule has 0 aliphatic carbocycles. The lowest BCUT2D eigenvalue weighted by Gasteiger charge is -2.30. The van der Waals surface area contributed by atoms with E-state index in [0.29, 0.717) is 5.92 Å². The van der Waals surface area contributed by atoms with Gasteiger partial charge >= 0.3 is 6.03 Å². The first-order valence-corrected chi connectivity index (χ1v) is 6.45. The molecule has 1 aromatic rings. The highest BCUT2D eigenvalue weighted by atomic mass is 16.3. The van der Waals surface area contributed by atoms with E-state index in [-0.39, 0.29) is 12.6 Å². The molecule has 4 nitrogen and oxygen atoms in total. The minimum Gasteiger partial charge on any atom is -0.392 e.